The smallest absolute Gasteiger partial charge is 0.149 e. The molecule has 0 bridgehead atoms. The molecule has 27 heavy (non-hydrogen) atoms. The van der Waals surface area contributed by atoms with Crippen LogP contribution >= 0.6 is 11.6 Å². The van der Waals surface area contributed by atoms with Gasteiger partial charge in [0.05, 0.1) is 5.02 Å². The van der Waals surface area contributed by atoms with Gasteiger partial charge in [0.2, 0.25) is 0 Å². The lowest BCUT2D eigenvalue weighted by molar-refractivity contribution is 0.628. The first-order valence-electron chi connectivity index (χ1n) is 9.80. The predicted molar refractivity (Wildman–Crippen MR) is 115 cm³/mol. The van der Waals surface area contributed by atoms with Crippen LogP contribution in [0.25, 0.3) is 22.3 Å². The van der Waals surface area contributed by atoms with Gasteiger partial charge in [-0.15, -0.1) is 0 Å². The van der Waals surface area contributed by atoms with Crippen LogP contribution in [-0.4, -0.2) is 0 Å². The van der Waals surface area contributed by atoms with E-state index in [1.165, 1.54) is 11.1 Å². The summed E-state index contributed by atoms with van der Waals surface area (Å²) in [7, 11) is 0. The van der Waals surface area contributed by atoms with Gasteiger partial charge in [0.25, 0.3) is 0 Å². The molecule has 3 aromatic carbocycles. The molecular formula is C25H26ClF. The van der Waals surface area contributed by atoms with E-state index in [-0.39, 0.29) is 10.8 Å². The van der Waals surface area contributed by atoms with Gasteiger partial charge in [-0.1, -0.05) is 99.0 Å². The second-order valence-corrected chi connectivity index (χ2v) is 7.41. The summed E-state index contributed by atoms with van der Waals surface area (Å²) in [6.07, 6.45) is 5.16. The summed E-state index contributed by atoms with van der Waals surface area (Å²) in [6.45, 7) is 4.31. The number of hydrogen-bond donors (Lipinski definition) is 0. The normalized spacial score (nSPS) is 11.0. The van der Waals surface area contributed by atoms with E-state index in [1.807, 2.05) is 36.4 Å². The van der Waals surface area contributed by atoms with Crippen molar-refractivity contribution in [2.75, 3.05) is 0 Å². The van der Waals surface area contributed by atoms with Gasteiger partial charge in [-0.3, -0.25) is 0 Å². The third-order valence-electron chi connectivity index (χ3n) is 4.98. The quantitative estimate of drug-likeness (QED) is 0.388. The fourth-order valence-corrected chi connectivity index (χ4v) is 3.63. The zero-order valence-corrected chi connectivity index (χ0v) is 16.8. The van der Waals surface area contributed by atoms with Crippen molar-refractivity contribution in [1.82, 2.24) is 0 Å². The molecule has 3 rings (SSSR count). The fraction of sp³-hybridized carbons (Fsp3) is 0.280. The van der Waals surface area contributed by atoms with Crippen molar-refractivity contribution in [3.63, 3.8) is 0 Å². The van der Waals surface area contributed by atoms with Crippen molar-refractivity contribution in [1.29, 1.82) is 0 Å². The molecule has 140 valence electrons. The van der Waals surface area contributed by atoms with E-state index in [0.717, 1.165) is 48.8 Å². The molecule has 0 aliphatic heterocycles. The topological polar surface area (TPSA) is 0 Å². The molecule has 3 aromatic rings. The third-order valence-corrected chi connectivity index (χ3v) is 5.39. The molecular weight excluding hydrogens is 355 g/mol. The Labute approximate surface area is 167 Å². The Bertz CT molecular complexity index is 879. The van der Waals surface area contributed by atoms with E-state index in [1.54, 1.807) is 0 Å². The van der Waals surface area contributed by atoms with Gasteiger partial charge < -0.3 is 0 Å². The summed E-state index contributed by atoms with van der Waals surface area (Å²) in [4.78, 5) is 0. The molecule has 0 nitrogen and oxygen atoms in total. The molecule has 0 aromatic heterocycles. The number of rotatable bonds is 7. The van der Waals surface area contributed by atoms with Gasteiger partial charge in [0, 0.05) is 5.56 Å². The minimum Gasteiger partial charge on any atom is -0.205 e. The first kappa shape index (κ1) is 19.6. The van der Waals surface area contributed by atoms with Gasteiger partial charge in [0.15, 0.2) is 0 Å². The Morgan fingerprint density at radius 3 is 1.89 bits per heavy atom. The average molecular weight is 381 g/mol. The molecule has 0 unspecified atom stereocenters. The van der Waals surface area contributed by atoms with Crippen LogP contribution < -0.4 is 0 Å². The van der Waals surface area contributed by atoms with Crippen LogP contribution in [0.5, 0.6) is 0 Å². The summed E-state index contributed by atoms with van der Waals surface area (Å²) in [5, 5.41) is 0.261. The maximum Gasteiger partial charge on any atom is 0.149 e. The highest BCUT2D eigenvalue weighted by Crippen LogP contribution is 2.32. The number of unbranched alkanes of at least 4 members (excludes halogenated alkanes) is 1. The number of aryl methyl sites for hydroxylation is 2. The largest absolute Gasteiger partial charge is 0.205 e. The Morgan fingerprint density at radius 2 is 1.30 bits per heavy atom. The molecule has 0 fully saturated rings. The molecule has 0 saturated heterocycles. The van der Waals surface area contributed by atoms with Crippen LogP contribution in [0.4, 0.5) is 4.39 Å². The zero-order chi connectivity index (χ0) is 19.2. The highest BCUT2D eigenvalue weighted by molar-refractivity contribution is 6.31. The second-order valence-electron chi connectivity index (χ2n) is 7.03. The minimum absolute atomic E-state index is 0.261. The van der Waals surface area contributed by atoms with Gasteiger partial charge in [0.1, 0.15) is 5.82 Å². The monoisotopic (exact) mass is 380 g/mol. The van der Waals surface area contributed by atoms with Crippen LogP contribution in [0, 0.1) is 5.82 Å². The number of halogens is 2. The molecule has 0 N–H and O–H groups in total. The van der Waals surface area contributed by atoms with E-state index in [2.05, 4.69) is 38.1 Å². The SMILES string of the molecule is CCCCc1ccc(-c2ccc(-c3ccc(CCC)cc3)cc2)c(F)c1Cl. The standard InChI is InChI=1S/C25H26ClF/c1-3-5-7-22-16-17-23(25(27)24(22)26)21-14-12-20(13-15-21)19-10-8-18(6-4-2)9-11-19/h8-17H,3-7H2,1-2H3. The average Bonchev–Trinajstić information content (AvgIpc) is 2.70. The number of benzene rings is 3. The van der Waals surface area contributed by atoms with Crippen molar-refractivity contribution >= 4 is 11.6 Å². The number of hydrogen-bond acceptors (Lipinski definition) is 0. The van der Waals surface area contributed by atoms with Crippen LogP contribution in [-0.2, 0) is 12.8 Å². The molecule has 0 heterocycles. The van der Waals surface area contributed by atoms with Crippen LogP contribution in [0.3, 0.4) is 0 Å². The van der Waals surface area contributed by atoms with E-state index in [9.17, 15) is 4.39 Å². The van der Waals surface area contributed by atoms with Gasteiger partial charge in [-0.05, 0) is 47.1 Å². The van der Waals surface area contributed by atoms with Gasteiger partial charge in [-0.2, -0.15) is 0 Å². The summed E-state index contributed by atoms with van der Waals surface area (Å²) in [5.41, 5.74) is 5.97. The summed E-state index contributed by atoms with van der Waals surface area (Å²) in [6, 6.07) is 20.5. The van der Waals surface area contributed by atoms with Crippen molar-refractivity contribution in [3.05, 3.63) is 82.6 Å². The van der Waals surface area contributed by atoms with Crippen molar-refractivity contribution in [2.24, 2.45) is 0 Å². The van der Waals surface area contributed by atoms with Crippen LogP contribution in [0.15, 0.2) is 60.7 Å². The van der Waals surface area contributed by atoms with Gasteiger partial charge >= 0.3 is 0 Å². The molecule has 0 aliphatic rings. The molecule has 0 spiro atoms. The maximum atomic E-state index is 14.8. The highest BCUT2D eigenvalue weighted by atomic mass is 35.5. The van der Waals surface area contributed by atoms with Crippen molar-refractivity contribution in [2.45, 2.75) is 46.0 Å². The Hall–Kier alpha value is -2.12. The Morgan fingerprint density at radius 1 is 0.704 bits per heavy atom. The van der Waals surface area contributed by atoms with Crippen molar-refractivity contribution < 1.29 is 4.39 Å². The Balaban J connectivity index is 1.84. The van der Waals surface area contributed by atoms with Gasteiger partial charge in [-0.25, -0.2) is 4.39 Å². The maximum absolute atomic E-state index is 14.8. The molecule has 2 heteroatoms. The predicted octanol–water partition coefficient (Wildman–Crippen LogP) is 8.11. The van der Waals surface area contributed by atoms with E-state index < -0.39 is 0 Å². The minimum atomic E-state index is -0.318. The van der Waals surface area contributed by atoms with Crippen LogP contribution in [0.2, 0.25) is 5.02 Å². The first-order chi connectivity index (χ1) is 13.1. The molecule has 0 aliphatic carbocycles. The fourth-order valence-electron chi connectivity index (χ4n) is 3.37. The molecule has 0 atom stereocenters. The summed E-state index contributed by atoms with van der Waals surface area (Å²) >= 11 is 6.28. The van der Waals surface area contributed by atoms with E-state index >= 15 is 0 Å². The van der Waals surface area contributed by atoms with Crippen LogP contribution in [0.1, 0.15) is 44.2 Å². The Kier molecular flexibility index (Phi) is 6.68. The molecule has 0 radical (unpaired) electrons. The lowest BCUT2D eigenvalue weighted by Gasteiger charge is -2.11. The highest BCUT2D eigenvalue weighted by Gasteiger charge is 2.13. The van der Waals surface area contributed by atoms with E-state index in [4.69, 9.17) is 11.6 Å². The second kappa shape index (κ2) is 9.19. The van der Waals surface area contributed by atoms with E-state index in [0.29, 0.717) is 5.56 Å². The lowest BCUT2D eigenvalue weighted by atomic mass is 9.97. The van der Waals surface area contributed by atoms with Crippen molar-refractivity contribution in [3.8, 4) is 22.3 Å². The lowest BCUT2D eigenvalue weighted by Crippen LogP contribution is -1.93. The molecule has 0 amide bonds. The zero-order valence-electron chi connectivity index (χ0n) is 16.1. The third kappa shape index (κ3) is 4.59. The molecule has 0 saturated carbocycles. The summed E-state index contributed by atoms with van der Waals surface area (Å²) in [5.74, 6) is -0.318. The first-order valence-corrected chi connectivity index (χ1v) is 10.2. The summed E-state index contributed by atoms with van der Waals surface area (Å²) < 4.78 is 14.8.